The predicted octanol–water partition coefficient (Wildman–Crippen LogP) is 7.72. The molecule has 0 saturated heterocycles. The van der Waals surface area contributed by atoms with Gasteiger partial charge in [0.15, 0.2) is 11.0 Å². The summed E-state index contributed by atoms with van der Waals surface area (Å²) in [4.78, 5) is 8.99. The molecule has 0 aromatic rings. The van der Waals surface area contributed by atoms with Gasteiger partial charge in [0, 0.05) is 12.0 Å². The molecule has 12 heteroatoms. The van der Waals surface area contributed by atoms with Gasteiger partial charge in [-0.05, 0) is 51.9 Å². The summed E-state index contributed by atoms with van der Waals surface area (Å²) < 4.78 is 103. The fraction of sp³-hybridized carbons (Fsp3) is 1.00. The SMILES string of the molecule is CCC(C)(CCOC(C)(CC)P(=O)(OOC)OOC)C(C)(CC)C(F)(F)C(F)(F)C(C)(C)F. The van der Waals surface area contributed by atoms with Crippen LogP contribution in [0.15, 0.2) is 0 Å². The minimum absolute atomic E-state index is 0.0721. The molecule has 0 heterocycles. The van der Waals surface area contributed by atoms with E-state index in [0.29, 0.717) is 13.8 Å². The van der Waals surface area contributed by atoms with Crippen LogP contribution >= 0.6 is 7.60 Å². The molecule has 0 spiro atoms. The van der Waals surface area contributed by atoms with E-state index >= 15 is 8.78 Å². The molecule has 0 aromatic heterocycles. The van der Waals surface area contributed by atoms with Crippen molar-refractivity contribution in [2.75, 3.05) is 20.8 Å². The fourth-order valence-corrected chi connectivity index (χ4v) is 5.20. The van der Waals surface area contributed by atoms with E-state index in [9.17, 15) is 17.7 Å². The van der Waals surface area contributed by atoms with Crippen LogP contribution in [0.3, 0.4) is 0 Å². The van der Waals surface area contributed by atoms with Gasteiger partial charge in [0.1, 0.15) is 0 Å². The third-order valence-corrected chi connectivity index (χ3v) is 9.60. The van der Waals surface area contributed by atoms with Crippen LogP contribution in [0.2, 0.25) is 0 Å². The molecule has 200 valence electrons. The van der Waals surface area contributed by atoms with Crippen LogP contribution in [0, 0.1) is 10.8 Å². The first-order valence-electron chi connectivity index (χ1n) is 10.9. The maximum atomic E-state index is 15.4. The lowest BCUT2D eigenvalue weighted by atomic mass is 9.56. The zero-order valence-electron chi connectivity index (χ0n) is 21.3. The lowest BCUT2D eigenvalue weighted by molar-refractivity contribution is -0.328. The molecule has 0 aliphatic carbocycles. The number of rotatable bonds is 16. The summed E-state index contributed by atoms with van der Waals surface area (Å²) in [6.45, 7) is 9.10. The van der Waals surface area contributed by atoms with Gasteiger partial charge >= 0.3 is 19.4 Å². The lowest BCUT2D eigenvalue weighted by Crippen LogP contribution is -2.64. The summed E-state index contributed by atoms with van der Waals surface area (Å²) in [5.41, 5.74) is -7.16. The minimum Gasteiger partial charge on any atom is -0.362 e. The van der Waals surface area contributed by atoms with Crippen LogP contribution in [0.5, 0.6) is 0 Å². The summed E-state index contributed by atoms with van der Waals surface area (Å²) in [6, 6.07) is 0. The second kappa shape index (κ2) is 11.2. The van der Waals surface area contributed by atoms with Gasteiger partial charge < -0.3 is 4.74 Å². The molecule has 0 aromatic carbocycles. The molecule has 0 radical (unpaired) electrons. The first kappa shape index (κ1) is 32.7. The normalized spacial score (nSPS) is 19.6. The van der Waals surface area contributed by atoms with Crippen LogP contribution in [0.1, 0.15) is 81.1 Å². The third-order valence-electron chi connectivity index (χ3n) is 7.30. The third kappa shape index (κ3) is 5.75. The summed E-state index contributed by atoms with van der Waals surface area (Å²) in [7, 11) is -1.93. The zero-order valence-corrected chi connectivity index (χ0v) is 22.2. The van der Waals surface area contributed by atoms with E-state index in [1.807, 2.05) is 0 Å². The first-order valence-corrected chi connectivity index (χ1v) is 12.4. The summed E-state index contributed by atoms with van der Waals surface area (Å²) in [6.07, 6.45) is -0.307. The molecule has 0 saturated carbocycles. The smallest absolute Gasteiger partial charge is 0.362 e. The van der Waals surface area contributed by atoms with Crippen molar-refractivity contribution < 1.29 is 50.4 Å². The van der Waals surface area contributed by atoms with Crippen molar-refractivity contribution >= 4 is 7.60 Å². The van der Waals surface area contributed by atoms with Crippen LogP contribution in [-0.2, 0) is 28.4 Å². The van der Waals surface area contributed by atoms with Gasteiger partial charge in [-0.3, -0.25) is 4.57 Å². The van der Waals surface area contributed by atoms with Crippen molar-refractivity contribution in [1.82, 2.24) is 0 Å². The summed E-state index contributed by atoms with van der Waals surface area (Å²) in [5, 5.41) is -1.59. The lowest BCUT2D eigenvalue weighted by Gasteiger charge is -2.53. The van der Waals surface area contributed by atoms with Gasteiger partial charge in [0.2, 0.25) is 0 Å². The highest BCUT2D eigenvalue weighted by Crippen LogP contribution is 2.64. The van der Waals surface area contributed by atoms with E-state index in [-0.39, 0.29) is 32.3 Å². The highest BCUT2D eigenvalue weighted by Gasteiger charge is 2.75. The molecular formula is C21H40F5O6P. The van der Waals surface area contributed by atoms with Crippen LogP contribution in [-0.4, -0.2) is 43.7 Å². The van der Waals surface area contributed by atoms with Crippen LogP contribution in [0.25, 0.3) is 0 Å². The molecule has 6 nitrogen and oxygen atoms in total. The molecule has 0 fully saturated rings. The standard InChI is InChI=1S/C21H40F5O6P/c1-11-17(6,18(7,12-2)21(25,26)20(23,24)16(4,5)22)14-15-30-19(8,13-3)33(27,31-28-9)32-29-10/h11-15H2,1-10H3. The van der Waals surface area contributed by atoms with Crippen molar-refractivity contribution in [2.24, 2.45) is 10.8 Å². The number of ether oxygens (including phenoxy) is 1. The molecule has 0 bridgehead atoms. The van der Waals surface area contributed by atoms with E-state index in [0.717, 1.165) is 21.1 Å². The molecular weight excluding hydrogens is 474 g/mol. The molecule has 0 aliphatic heterocycles. The Morgan fingerprint density at radius 1 is 0.727 bits per heavy atom. The number of alkyl halides is 5. The van der Waals surface area contributed by atoms with Gasteiger partial charge in [0.25, 0.3) is 0 Å². The largest absolute Gasteiger partial charge is 0.415 e. The number of hydrogen-bond acceptors (Lipinski definition) is 6. The van der Waals surface area contributed by atoms with Crippen molar-refractivity contribution in [2.45, 2.75) is 104 Å². The fourth-order valence-electron chi connectivity index (χ4n) is 3.83. The van der Waals surface area contributed by atoms with Gasteiger partial charge in [0.05, 0.1) is 14.2 Å². The van der Waals surface area contributed by atoms with E-state index < -0.39 is 41.3 Å². The van der Waals surface area contributed by atoms with Crippen molar-refractivity contribution in [3.8, 4) is 0 Å². The molecule has 0 rings (SSSR count). The average Bonchev–Trinajstić information content (AvgIpc) is 2.71. The van der Waals surface area contributed by atoms with Crippen LogP contribution < -0.4 is 0 Å². The molecule has 0 aliphatic rings. The van der Waals surface area contributed by atoms with E-state index in [2.05, 4.69) is 9.78 Å². The Balaban J connectivity index is 6.10. The average molecular weight is 515 g/mol. The number of halogens is 5. The van der Waals surface area contributed by atoms with Gasteiger partial charge in [-0.25, -0.2) is 14.2 Å². The Kier molecular flexibility index (Phi) is 11.1. The van der Waals surface area contributed by atoms with Crippen LogP contribution in [0.4, 0.5) is 22.0 Å². The quantitative estimate of drug-likeness (QED) is 0.0910. The van der Waals surface area contributed by atoms with Gasteiger partial charge in [-0.1, -0.05) is 34.6 Å². The zero-order chi connectivity index (χ0) is 26.6. The second-order valence-corrected chi connectivity index (χ2v) is 11.6. The minimum atomic E-state index is -4.92. The Morgan fingerprint density at radius 3 is 1.48 bits per heavy atom. The molecule has 3 unspecified atom stereocenters. The summed E-state index contributed by atoms with van der Waals surface area (Å²) >= 11 is 0. The topological polar surface area (TPSA) is 63.2 Å². The molecule has 3 atom stereocenters. The van der Waals surface area contributed by atoms with Crippen molar-refractivity contribution in [3.05, 3.63) is 0 Å². The Hall–Kier alpha value is -0.320. The van der Waals surface area contributed by atoms with E-state index in [1.165, 1.54) is 20.8 Å². The second-order valence-electron chi connectivity index (χ2n) is 9.33. The summed E-state index contributed by atoms with van der Waals surface area (Å²) in [5.74, 6) is -9.60. The van der Waals surface area contributed by atoms with Crippen molar-refractivity contribution in [1.29, 1.82) is 0 Å². The van der Waals surface area contributed by atoms with E-state index in [4.69, 9.17) is 14.1 Å². The molecule has 0 amide bonds. The Bertz CT molecular complexity index is 664. The van der Waals surface area contributed by atoms with Gasteiger partial charge in [-0.2, -0.15) is 17.6 Å². The maximum Gasteiger partial charge on any atom is 0.415 e. The van der Waals surface area contributed by atoms with E-state index in [1.54, 1.807) is 13.8 Å². The monoisotopic (exact) mass is 514 g/mol. The van der Waals surface area contributed by atoms with Gasteiger partial charge in [-0.15, -0.1) is 9.35 Å². The maximum absolute atomic E-state index is 15.4. The number of hydrogen-bond donors (Lipinski definition) is 0. The van der Waals surface area contributed by atoms with Crippen molar-refractivity contribution in [3.63, 3.8) is 0 Å². The Morgan fingerprint density at radius 2 is 1.18 bits per heavy atom. The highest BCUT2D eigenvalue weighted by molar-refractivity contribution is 7.55. The molecule has 33 heavy (non-hydrogen) atoms. The highest BCUT2D eigenvalue weighted by atomic mass is 31.2. The molecule has 0 N–H and O–H groups in total. The predicted molar refractivity (Wildman–Crippen MR) is 115 cm³/mol. The first-order chi connectivity index (χ1) is 14.8. The Labute approximate surface area is 194 Å².